The molecule has 0 spiro atoms. The minimum absolute atomic E-state index is 0.0270. The van der Waals surface area contributed by atoms with Gasteiger partial charge >= 0.3 is 0 Å². The van der Waals surface area contributed by atoms with Crippen molar-refractivity contribution in [2.75, 3.05) is 6.54 Å². The van der Waals surface area contributed by atoms with Gasteiger partial charge < -0.3 is 10.2 Å². The summed E-state index contributed by atoms with van der Waals surface area (Å²) in [5, 5.41) is 9.16. The van der Waals surface area contributed by atoms with Gasteiger partial charge in [-0.1, -0.05) is 32.0 Å². The van der Waals surface area contributed by atoms with Crippen LogP contribution in [0, 0.1) is 25.6 Å². The number of H-pyrrole nitrogens is 1. The first-order chi connectivity index (χ1) is 17.6. The average molecular weight is 505 g/mol. The van der Waals surface area contributed by atoms with Crippen LogP contribution in [0.5, 0.6) is 0 Å². The number of aryl methyl sites for hydroxylation is 2. The van der Waals surface area contributed by atoms with Crippen molar-refractivity contribution in [1.82, 2.24) is 20.4 Å². The molecule has 0 aliphatic carbocycles. The fourth-order valence-electron chi connectivity index (χ4n) is 5.17. The smallest absolute Gasteiger partial charge is 0.267 e. The summed E-state index contributed by atoms with van der Waals surface area (Å²) >= 11 is 0. The van der Waals surface area contributed by atoms with Gasteiger partial charge in [-0.2, -0.15) is 5.10 Å². The van der Waals surface area contributed by atoms with Gasteiger partial charge in [0.2, 0.25) is 5.91 Å². The van der Waals surface area contributed by atoms with Crippen molar-refractivity contribution in [1.29, 1.82) is 0 Å². The van der Waals surface area contributed by atoms with Crippen LogP contribution in [0.15, 0.2) is 53.3 Å². The second-order valence-electron chi connectivity index (χ2n) is 10.1. The van der Waals surface area contributed by atoms with Crippen molar-refractivity contribution < 1.29 is 14.0 Å². The summed E-state index contributed by atoms with van der Waals surface area (Å²) in [5.41, 5.74) is 4.12. The van der Waals surface area contributed by atoms with Gasteiger partial charge in [0.05, 0.1) is 18.3 Å². The minimum atomic E-state index is -0.344. The van der Waals surface area contributed by atoms with Gasteiger partial charge in [0.25, 0.3) is 11.5 Å². The van der Waals surface area contributed by atoms with Crippen LogP contribution in [-0.4, -0.2) is 39.5 Å². The van der Waals surface area contributed by atoms with E-state index in [1.54, 1.807) is 24.3 Å². The molecule has 1 saturated heterocycles. The predicted octanol–water partition coefficient (Wildman–Crippen LogP) is 4.23. The highest BCUT2D eigenvalue weighted by atomic mass is 19.1. The molecule has 37 heavy (non-hydrogen) atoms. The number of rotatable bonds is 7. The third kappa shape index (κ3) is 5.96. The molecule has 1 aromatic heterocycles. The molecule has 0 saturated carbocycles. The zero-order valence-electron chi connectivity index (χ0n) is 21.7. The van der Waals surface area contributed by atoms with Crippen molar-refractivity contribution in [3.05, 3.63) is 98.2 Å². The summed E-state index contributed by atoms with van der Waals surface area (Å²) in [6.07, 6.45) is 2.02. The number of nitrogens with one attached hydrogen (secondary N) is 2. The maximum atomic E-state index is 13.9. The molecule has 1 aliphatic rings. The molecule has 2 aromatic carbocycles. The standard InChI is InChI=1S/C29H33FN4O3/c1-17(2)25-10-11-26(21-6-5-7-24(30)15-21)34(25)27(35)16-31-28(36)22-9-8-20(18(3)12-22)14-23-13-19(4)32-33-29(23)37/h5-9,12-13,15,17,25-26H,10-11,14,16H2,1-4H3,(H,31,36)(H,33,37)/t25?,26-/m0/s1. The lowest BCUT2D eigenvalue weighted by Gasteiger charge is -2.33. The lowest BCUT2D eigenvalue weighted by atomic mass is 9.99. The van der Waals surface area contributed by atoms with Gasteiger partial charge in [-0.3, -0.25) is 14.4 Å². The van der Waals surface area contributed by atoms with Crippen LogP contribution in [0.3, 0.4) is 0 Å². The number of likely N-dealkylation sites (tertiary alicyclic amines) is 1. The molecule has 7 nitrogen and oxygen atoms in total. The maximum absolute atomic E-state index is 13.9. The fraction of sp³-hybridized carbons (Fsp3) is 0.379. The molecule has 2 N–H and O–H groups in total. The summed E-state index contributed by atoms with van der Waals surface area (Å²) in [5.74, 6) is -0.610. The number of halogens is 1. The van der Waals surface area contributed by atoms with Crippen molar-refractivity contribution in [3.8, 4) is 0 Å². The van der Waals surface area contributed by atoms with E-state index in [0.717, 1.165) is 35.2 Å². The first kappa shape index (κ1) is 26.3. The Labute approximate surface area is 216 Å². The van der Waals surface area contributed by atoms with Gasteiger partial charge in [0, 0.05) is 23.6 Å². The molecule has 1 unspecified atom stereocenters. The normalized spacial score (nSPS) is 17.3. The highest BCUT2D eigenvalue weighted by Crippen LogP contribution is 2.39. The first-order valence-electron chi connectivity index (χ1n) is 12.6. The Hall–Kier alpha value is -3.81. The van der Waals surface area contributed by atoms with E-state index in [0.29, 0.717) is 17.5 Å². The molecule has 8 heteroatoms. The summed E-state index contributed by atoms with van der Waals surface area (Å²) < 4.78 is 13.9. The molecule has 3 aromatic rings. The third-order valence-corrected chi connectivity index (χ3v) is 7.11. The number of hydrogen-bond acceptors (Lipinski definition) is 4. The van der Waals surface area contributed by atoms with Gasteiger partial charge in [0.1, 0.15) is 5.82 Å². The monoisotopic (exact) mass is 504 g/mol. The summed E-state index contributed by atoms with van der Waals surface area (Å²) in [4.78, 5) is 40.1. The zero-order valence-corrected chi connectivity index (χ0v) is 21.7. The zero-order chi connectivity index (χ0) is 26.7. The van der Waals surface area contributed by atoms with Crippen molar-refractivity contribution >= 4 is 11.8 Å². The number of carbonyl (C=O) groups excluding carboxylic acids is 2. The second-order valence-corrected chi connectivity index (χ2v) is 10.1. The molecule has 0 bridgehead atoms. The van der Waals surface area contributed by atoms with E-state index < -0.39 is 0 Å². The van der Waals surface area contributed by atoms with Crippen LogP contribution < -0.4 is 10.9 Å². The maximum Gasteiger partial charge on any atom is 0.267 e. The van der Waals surface area contributed by atoms with Crippen molar-refractivity contribution in [2.24, 2.45) is 5.92 Å². The molecule has 4 rings (SSSR count). The SMILES string of the molecule is Cc1cc(Cc2ccc(C(=O)NCC(=O)N3C(C(C)C)CC[C@H]3c3cccc(F)c3)cc2C)c(=O)[nH]n1. The summed E-state index contributed by atoms with van der Waals surface area (Å²) in [6, 6.07) is 13.3. The molecule has 2 heterocycles. The number of carbonyl (C=O) groups is 2. The molecule has 2 amide bonds. The van der Waals surface area contributed by atoms with Gasteiger partial charge in [-0.15, -0.1) is 0 Å². The topological polar surface area (TPSA) is 95.2 Å². The Morgan fingerprint density at radius 1 is 1.11 bits per heavy atom. The number of hydrogen-bond donors (Lipinski definition) is 2. The summed E-state index contributed by atoms with van der Waals surface area (Å²) in [6.45, 7) is 7.71. The Morgan fingerprint density at radius 3 is 2.59 bits per heavy atom. The minimum Gasteiger partial charge on any atom is -0.343 e. The lowest BCUT2D eigenvalue weighted by Crippen LogP contribution is -2.45. The highest BCUT2D eigenvalue weighted by molar-refractivity contribution is 5.96. The number of benzene rings is 2. The van der Waals surface area contributed by atoms with E-state index in [2.05, 4.69) is 29.4 Å². The molecule has 194 valence electrons. The molecular weight excluding hydrogens is 471 g/mol. The molecule has 1 fully saturated rings. The fourth-order valence-corrected chi connectivity index (χ4v) is 5.17. The number of nitrogens with zero attached hydrogens (tertiary/aromatic N) is 2. The van der Waals surface area contributed by atoms with E-state index in [-0.39, 0.29) is 47.7 Å². The van der Waals surface area contributed by atoms with Crippen LogP contribution in [0.2, 0.25) is 0 Å². The van der Waals surface area contributed by atoms with Gasteiger partial charge in [0.15, 0.2) is 0 Å². The molecule has 2 atom stereocenters. The van der Waals surface area contributed by atoms with Crippen LogP contribution in [0.4, 0.5) is 4.39 Å². The highest BCUT2D eigenvalue weighted by Gasteiger charge is 2.39. The van der Waals surface area contributed by atoms with E-state index in [9.17, 15) is 18.8 Å². The molecule has 1 aliphatic heterocycles. The lowest BCUT2D eigenvalue weighted by molar-refractivity contribution is -0.134. The van der Waals surface area contributed by atoms with Crippen molar-refractivity contribution in [2.45, 2.75) is 59.0 Å². The quantitative estimate of drug-likeness (QED) is 0.503. The number of aromatic nitrogens is 2. The first-order valence-corrected chi connectivity index (χ1v) is 12.6. The molecular formula is C29H33FN4O3. The number of aromatic amines is 1. The average Bonchev–Trinajstić information content (AvgIpc) is 3.31. The van der Waals surface area contributed by atoms with Gasteiger partial charge in [-0.25, -0.2) is 9.49 Å². The molecule has 0 radical (unpaired) electrons. The van der Waals surface area contributed by atoms with Crippen LogP contribution in [-0.2, 0) is 11.2 Å². The van der Waals surface area contributed by atoms with Crippen molar-refractivity contribution in [3.63, 3.8) is 0 Å². The van der Waals surface area contributed by atoms with Crippen LogP contribution in [0.1, 0.15) is 71.0 Å². The Morgan fingerprint density at radius 2 is 1.89 bits per heavy atom. The van der Waals surface area contributed by atoms with Gasteiger partial charge in [-0.05, 0) is 79.6 Å². The summed E-state index contributed by atoms with van der Waals surface area (Å²) in [7, 11) is 0. The van der Waals surface area contributed by atoms with E-state index in [4.69, 9.17) is 0 Å². The predicted molar refractivity (Wildman–Crippen MR) is 140 cm³/mol. The largest absolute Gasteiger partial charge is 0.343 e. The Balaban J connectivity index is 1.45. The van der Waals surface area contributed by atoms with Crippen LogP contribution in [0.25, 0.3) is 0 Å². The van der Waals surface area contributed by atoms with E-state index in [1.807, 2.05) is 30.9 Å². The van der Waals surface area contributed by atoms with Crippen LogP contribution >= 0.6 is 0 Å². The Kier molecular flexibility index (Phi) is 7.86. The third-order valence-electron chi connectivity index (χ3n) is 7.11. The Bertz CT molecular complexity index is 1370. The van der Waals surface area contributed by atoms with E-state index >= 15 is 0 Å². The van der Waals surface area contributed by atoms with E-state index in [1.165, 1.54) is 12.1 Å². The second kappa shape index (κ2) is 11.1. The number of amides is 2.